The molecule has 3 aromatic carbocycles. The summed E-state index contributed by atoms with van der Waals surface area (Å²) >= 11 is 0. The molecule has 3 aromatic rings. The average molecular weight is 763 g/mol. The van der Waals surface area contributed by atoms with Gasteiger partial charge in [-0.1, -0.05) is 87.2 Å². The van der Waals surface area contributed by atoms with Crippen LogP contribution in [0.3, 0.4) is 0 Å². The van der Waals surface area contributed by atoms with Gasteiger partial charge in [0.2, 0.25) is 0 Å². The van der Waals surface area contributed by atoms with Crippen molar-refractivity contribution in [2.24, 2.45) is 0 Å². The van der Waals surface area contributed by atoms with Crippen molar-refractivity contribution in [3.63, 3.8) is 0 Å². The van der Waals surface area contributed by atoms with Gasteiger partial charge in [-0.05, 0) is 56.5 Å². The number of phenols is 1. The molecule has 0 unspecified atom stereocenters. The number of nitrogens with zero attached hydrogens (tertiary/aromatic N) is 1. The van der Waals surface area contributed by atoms with E-state index < -0.39 is 59.6 Å². The standard InChI is InChI=1S/C41H54N4O10/c1-7-8-9-13-22-40(53)39(52,25-55-36(49)33-26(2)16-14-21-32(33)48)34(42-31-20-15-19-30(23-31)27(3)46)35(41(40,28(4)47)44-37(50)45(5)6)43-38(51)54-24-29-17-11-10-12-18-29/h10-12,14-21,23,28,34-35,42,47-48,52-53H,7-9,13,22,24-25H2,1-6H3,(H,43,51)(H,44,50)/t28-,34-,35-,39+,40-,41-/m0/s1. The molecule has 1 aliphatic rings. The van der Waals surface area contributed by atoms with Crippen LogP contribution in [0, 0.1) is 6.92 Å². The molecule has 7 N–H and O–H groups in total. The molecule has 298 valence electrons. The third kappa shape index (κ3) is 8.87. The number of nitrogens with one attached hydrogen (secondary N) is 3. The average Bonchev–Trinajstić information content (AvgIpc) is 3.28. The van der Waals surface area contributed by atoms with Gasteiger partial charge in [-0.3, -0.25) is 4.79 Å². The van der Waals surface area contributed by atoms with Crippen LogP contribution in [0.1, 0.15) is 84.7 Å². The molecule has 3 amide bonds. The number of hydrogen-bond donors (Lipinski definition) is 7. The number of aliphatic hydroxyl groups is 3. The number of ether oxygens (including phenoxy) is 2. The smallest absolute Gasteiger partial charge is 0.407 e. The summed E-state index contributed by atoms with van der Waals surface area (Å²) in [5.41, 5.74) is -6.04. The summed E-state index contributed by atoms with van der Waals surface area (Å²) in [6.07, 6.45) is -0.505. The number of hydrogen-bond acceptors (Lipinski definition) is 11. The highest BCUT2D eigenvalue weighted by Gasteiger charge is 2.79. The second kappa shape index (κ2) is 18.0. The van der Waals surface area contributed by atoms with E-state index in [1.54, 1.807) is 67.6 Å². The van der Waals surface area contributed by atoms with Gasteiger partial charge < -0.3 is 50.8 Å². The highest BCUT2D eigenvalue weighted by atomic mass is 16.6. The molecule has 0 aromatic heterocycles. The number of rotatable bonds is 16. The van der Waals surface area contributed by atoms with E-state index >= 15 is 0 Å². The number of amides is 3. The molecule has 0 saturated heterocycles. The van der Waals surface area contributed by atoms with E-state index in [0.29, 0.717) is 23.1 Å². The number of carbonyl (C=O) groups excluding carboxylic acids is 4. The molecular weight excluding hydrogens is 708 g/mol. The van der Waals surface area contributed by atoms with Gasteiger partial charge in [0, 0.05) is 25.3 Å². The van der Waals surface area contributed by atoms with Crippen LogP contribution in [0.25, 0.3) is 0 Å². The van der Waals surface area contributed by atoms with Gasteiger partial charge in [0.15, 0.2) is 11.4 Å². The maximum atomic E-state index is 13.8. The van der Waals surface area contributed by atoms with Crippen molar-refractivity contribution >= 4 is 29.6 Å². The van der Waals surface area contributed by atoms with E-state index in [9.17, 15) is 39.6 Å². The molecule has 14 nitrogen and oxygen atoms in total. The fourth-order valence-electron chi connectivity index (χ4n) is 7.50. The Balaban J connectivity index is 1.96. The summed E-state index contributed by atoms with van der Waals surface area (Å²) in [6, 6.07) is 15.6. The highest BCUT2D eigenvalue weighted by Crippen LogP contribution is 2.53. The Bertz CT molecular complexity index is 1800. The monoisotopic (exact) mass is 762 g/mol. The van der Waals surface area contributed by atoms with Crippen molar-refractivity contribution in [2.75, 3.05) is 26.0 Å². The van der Waals surface area contributed by atoms with Crippen LogP contribution in [0.4, 0.5) is 15.3 Å². The number of carbonyl (C=O) groups is 4. The zero-order valence-electron chi connectivity index (χ0n) is 32.3. The summed E-state index contributed by atoms with van der Waals surface area (Å²) < 4.78 is 11.4. The van der Waals surface area contributed by atoms with Crippen molar-refractivity contribution in [3.8, 4) is 5.75 Å². The SMILES string of the molecule is CCCCCC[C@@]1(O)[C@](NC(=O)N(C)C)([C@H](C)O)[C@@H](NC(=O)OCc2ccccc2)[C@H](Nc2cccc(C(C)=O)c2)[C@]1(O)COC(=O)c1c(C)cccc1O. The number of anilines is 1. The molecule has 0 bridgehead atoms. The minimum Gasteiger partial charge on any atom is -0.507 e. The van der Waals surface area contributed by atoms with Crippen molar-refractivity contribution in [2.45, 2.75) is 101 Å². The van der Waals surface area contributed by atoms with Gasteiger partial charge in [0.05, 0.1) is 18.2 Å². The Morgan fingerprint density at radius 1 is 0.909 bits per heavy atom. The number of phenolic OH excluding ortho intramolecular Hbond substituents is 1. The summed E-state index contributed by atoms with van der Waals surface area (Å²) in [5.74, 6) is -1.65. The van der Waals surface area contributed by atoms with Crippen molar-refractivity contribution in [1.29, 1.82) is 0 Å². The normalized spacial score (nSPS) is 23.7. The van der Waals surface area contributed by atoms with Crippen LogP contribution >= 0.6 is 0 Å². The first kappa shape index (κ1) is 42.6. The zero-order valence-corrected chi connectivity index (χ0v) is 32.3. The highest BCUT2D eigenvalue weighted by molar-refractivity contribution is 5.95. The lowest BCUT2D eigenvalue weighted by molar-refractivity contribution is -0.200. The quantitative estimate of drug-likeness (QED) is 0.0606. The second-order valence-electron chi connectivity index (χ2n) is 14.5. The number of aromatic hydroxyl groups is 1. The number of urea groups is 1. The molecular formula is C41H54N4O10. The van der Waals surface area contributed by atoms with Crippen LogP contribution in [0.15, 0.2) is 72.8 Å². The predicted molar refractivity (Wildman–Crippen MR) is 206 cm³/mol. The molecule has 0 spiro atoms. The first-order valence-corrected chi connectivity index (χ1v) is 18.4. The number of Topliss-reactive ketones (excluding diaryl/α,β-unsaturated/α-hetero) is 1. The van der Waals surface area contributed by atoms with Crippen LogP contribution < -0.4 is 16.0 Å². The fraction of sp³-hybridized carbons (Fsp3) is 0.463. The summed E-state index contributed by atoms with van der Waals surface area (Å²) in [6.45, 7) is 5.17. The fourth-order valence-corrected chi connectivity index (χ4v) is 7.50. The third-order valence-electron chi connectivity index (χ3n) is 10.5. The number of unbranched alkanes of at least 4 members (excludes halogenated alkanes) is 3. The van der Waals surface area contributed by atoms with Gasteiger partial charge in [0.25, 0.3) is 0 Å². The lowest BCUT2D eigenvalue weighted by Gasteiger charge is -2.51. The van der Waals surface area contributed by atoms with Crippen LogP contribution in [0.5, 0.6) is 5.75 Å². The van der Waals surface area contributed by atoms with Gasteiger partial charge in [-0.15, -0.1) is 0 Å². The molecule has 6 atom stereocenters. The van der Waals surface area contributed by atoms with Gasteiger partial charge in [0.1, 0.15) is 35.7 Å². The largest absolute Gasteiger partial charge is 0.507 e. The molecule has 14 heteroatoms. The van der Waals surface area contributed by atoms with E-state index in [-0.39, 0.29) is 42.2 Å². The number of esters is 1. The maximum absolute atomic E-state index is 13.8. The Morgan fingerprint density at radius 2 is 1.60 bits per heavy atom. The molecule has 1 fully saturated rings. The predicted octanol–water partition coefficient (Wildman–Crippen LogP) is 4.67. The van der Waals surface area contributed by atoms with Crippen LogP contribution in [-0.4, -0.2) is 105 Å². The first-order valence-electron chi connectivity index (χ1n) is 18.4. The number of aryl methyl sites for hydroxylation is 1. The maximum Gasteiger partial charge on any atom is 0.407 e. The van der Waals surface area contributed by atoms with Gasteiger partial charge in [-0.25, -0.2) is 14.4 Å². The minimum absolute atomic E-state index is 0.160. The topological polar surface area (TPSA) is 207 Å². The van der Waals surface area contributed by atoms with E-state index in [1.807, 2.05) is 6.92 Å². The molecule has 1 saturated carbocycles. The van der Waals surface area contributed by atoms with Crippen molar-refractivity contribution < 1.29 is 49.1 Å². The molecule has 0 aliphatic heterocycles. The molecule has 55 heavy (non-hydrogen) atoms. The van der Waals surface area contributed by atoms with E-state index in [1.165, 1.54) is 45.0 Å². The Morgan fingerprint density at radius 3 is 2.22 bits per heavy atom. The molecule has 0 radical (unpaired) electrons. The Labute approximate surface area is 321 Å². The number of alkyl carbamates (subject to hydrolysis) is 1. The van der Waals surface area contributed by atoms with Crippen molar-refractivity contribution in [1.82, 2.24) is 15.5 Å². The summed E-state index contributed by atoms with van der Waals surface area (Å²) in [7, 11) is 2.89. The molecule has 1 aliphatic carbocycles. The minimum atomic E-state index is -2.62. The van der Waals surface area contributed by atoms with Crippen LogP contribution in [0.2, 0.25) is 0 Å². The first-order chi connectivity index (χ1) is 26.0. The lowest BCUT2D eigenvalue weighted by atomic mass is 9.69. The number of ketones is 1. The number of aliphatic hydroxyl groups excluding tert-OH is 1. The third-order valence-corrected chi connectivity index (χ3v) is 10.5. The van der Waals surface area contributed by atoms with E-state index in [4.69, 9.17) is 9.47 Å². The summed E-state index contributed by atoms with van der Waals surface area (Å²) in [4.78, 5) is 54.8. The molecule has 0 heterocycles. The summed E-state index contributed by atoms with van der Waals surface area (Å²) in [5, 5.41) is 57.7. The van der Waals surface area contributed by atoms with E-state index in [0.717, 1.165) is 12.8 Å². The van der Waals surface area contributed by atoms with Gasteiger partial charge >= 0.3 is 18.1 Å². The Hall–Kier alpha value is -5.18. The van der Waals surface area contributed by atoms with Gasteiger partial charge in [-0.2, -0.15) is 0 Å². The van der Waals surface area contributed by atoms with E-state index in [2.05, 4.69) is 16.0 Å². The zero-order chi connectivity index (χ0) is 40.6. The number of benzene rings is 3. The van der Waals surface area contributed by atoms with Crippen molar-refractivity contribution in [3.05, 3.63) is 95.1 Å². The lowest BCUT2D eigenvalue weighted by Crippen LogP contribution is -2.78. The van der Waals surface area contributed by atoms with Crippen LogP contribution in [-0.2, 0) is 16.1 Å². The molecule has 4 rings (SSSR count). The second-order valence-corrected chi connectivity index (χ2v) is 14.5. The Kier molecular flexibility index (Phi) is 13.9.